The van der Waals surface area contributed by atoms with Crippen LogP contribution in [-0.4, -0.2) is 22.6 Å². The van der Waals surface area contributed by atoms with Crippen LogP contribution in [-0.2, 0) is 11.3 Å². The summed E-state index contributed by atoms with van der Waals surface area (Å²) in [6.07, 6.45) is 1.38. The van der Waals surface area contributed by atoms with E-state index in [2.05, 4.69) is 10.3 Å². The molecule has 0 aliphatic rings. The predicted molar refractivity (Wildman–Crippen MR) is 120 cm³/mol. The SMILES string of the molecule is COc1ccc([C@H](NC(=O)Cn2cnc3ccc(Cl)cc3c2=O)c2ccccc2)cc1. The average molecular weight is 434 g/mol. The summed E-state index contributed by atoms with van der Waals surface area (Å²) in [6, 6.07) is 21.7. The van der Waals surface area contributed by atoms with E-state index in [0.717, 1.165) is 16.9 Å². The molecule has 156 valence electrons. The number of hydrogen-bond donors (Lipinski definition) is 1. The zero-order valence-corrected chi connectivity index (χ0v) is 17.5. The molecule has 0 aliphatic heterocycles. The number of carbonyl (C=O) groups excluding carboxylic acids is 1. The Kier molecular flexibility index (Phi) is 6.00. The topological polar surface area (TPSA) is 73.2 Å². The summed E-state index contributed by atoms with van der Waals surface area (Å²) < 4.78 is 6.51. The molecule has 6 nitrogen and oxygen atoms in total. The van der Waals surface area contributed by atoms with E-state index in [1.54, 1.807) is 25.3 Å². The quantitative estimate of drug-likeness (QED) is 0.499. The van der Waals surface area contributed by atoms with Crippen molar-refractivity contribution in [1.29, 1.82) is 0 Å². The predicted octanol–water partition coefficient (Wildman–Crippen LogP) is 3.96. The highest BCUT2D eigenvalue weighted by Crippen LogP contribution is 2.24. The normalized spacial score (nSPS) is 11.8. The number of benzene rings is 3. The van der Waals surface area contributed by atoms with E-state index in [1.165, 1.54) is 10.9 Å². The third kappa shape index (κ3) is 4.59. The lowest BCUT2D eigenvalue weighted by Gasteiger charge is -2.20. The Morgan fingerprint density at radius 2 is 1.77 bits per heavy atom. The number of carbonyl (C=O) groups is 1. The van der Waals surface area contributed by atoms with Crippen molar-refractivity contribution in [2.75, 3.05) is 7.11 Å². The molecule has 1 N–H and O–H groups in total. The van der Waals surface area contributed by atoms with Crippen molar-refractivity contribution < 1.29 is 9.53 Å². The minimum absolute atomic E-state index is 0.159. The van der Waals surface area contributed by atoms with Crippen LogP contribution in [0.5, 0.6) is 5.75 Å². The molecular formula is C24H20ClN3O3. The van der Waals surface area contributed by atoms with Crippen LogP contribution >= 0.6 is 11.6 Å². The highest BCUT2D eigenvalue weighted by atomic mass is 35.5. The van der Waals surface area contributed by atoms with Crippen molar-refractivity contribution in [3.05, 3.63) is 106 Å². The lowest BCUT2D eigenvalue weighted by Crippen LogP contribution is -2.35. The third-order valence-electron chi connectivity index (χ3n) is 4.99. The van der Waals surface area contributed by atoms with Crippen LogP contribution in [0.3, 0.4) is 0 Å². The summed E-state index contributed by atoms with van der Waals surface area (Å²) in [5, 5.41) is 3.84. The van der Waals surface area contributed by atoms with Crippen molar-refractivity contribution in [2.45, 2.75) is 12.6 Å². The zero-order chi connectivity index (χ0) is 21.8. The fourth-order valence-electron chi connectivity index (χ4n) is 3.41. The Hall–Kier alpha value is -3.64. The first-order valence-corrected chi connectivity index (χ1v) is 10.1. The van der Waals surface area contributed by atoms with Gasteiger partial charge in [-0.05, 0) is 41.5 Å². The molecule has 0 radical (unpaired) electrons. The Labute approximate surface area is 184 Å². The van der Waals surface area contributed by atoms with Crippen LogP contribution in [0.15, 0.2) is 83.9 Å². The fourth-order valence-corrected chi connectivity index (χ4v) is 3.58. The molecule has 0 saturated heterocycles. The number of amides is 1. The standard InChI is InChI=1S/C24H20ClN3O3/c1-31-19-10-7-17(8-11-19)23(16-5-3-2-4-6-16)27-22(29)14-28-15-26-21-12-9-18(25)13-20(21)24(28)30/h2-13,15,23H,14H2,1H3,(H,27,29)/t23-/m1/s1. The minimum atomic E-state index is -0.377. The van der Waals surface area contributed by atoms with Gasteiger partial charge in [-0.25, -0.2) is 4.98 Å². The third-order valence-corrected chi connectivity index (χ3v) is 5.22. The molecule has 31 heavy (non-hydrogen) atoms. The summed E-state index contributed by atoms with van der Waals surface area (Å²) in [4.78, 5) is 29.9. The van der Waals surface area contributed by atoms with Gasteiger partial charge in [0.15, 0.2) is 0 Å². The monoisotopic (exact) mass is 433 g/mol. The first-order valence-electron chi connectivity index (χ1n) is 9.68. The smallest absolute Gasteiger partial charge is 0.261 e. The Balaban J connectivity index is 1.61. The van der Waals surface area contributed by atoms with Gasteiger partial charge in [-0.2, -0.15) is 0 Å². The molecule has 7 heteroatoms. The lowest BCUT2D eigenvalue weighted by atomic mass is 9.98. The summed E-state index contributed by atoms with van der Waals surface area (Å²) in [7, 11) is 1.61. The molecule has 4 aromatic rings. The number of methoxy groups -OCH3 is 1. The molecule has 1 atom stereocenters. The van der Waals surface area contributed by atoms with Gasteiger partial charge in [-0.1, -0.05) is 54.1 Å². The van der Waals surface area contributed by atoms with Crippen molar-refractivity contribution in [1.82, 2.24) is 14.9 Å². The van der Waals surface area contributed by atoms with Crippen LogP contribution in [0, 0.1) is 0 Å². The number of aromatic nitrogens is 2. The van der Waals surface area contributed by atoms with Gasteiger partial charge in [0.1, 0.15) is 12.3 Å². The van der Waals surface area contributed by atoms with E-state index in [0.29, 0.717) is 15.9 Å². The van der Waals surface area contributed by atoms with Crippen molar-refractivity contribution in [2.24, 2.45) is 0 Å². The van der Waals surface area contributed by atoms with Gasteiger partial charge in [0.2, 0.25) is 5.91 Å². The minimum Gasteiger partial charge on any atom is -0.497 e. The van der Waals surface area contributed by atoms with E-state index >= 15 is 0 Å². The molecule has 1 aromatic heterocycles. The number of halogens is 1. The van der Waals surface area contributed by atoms with E-state index in [4.69, 9.17) is 16.3 Å². The molecule has 0 spiro atoms. The second-order valence-corrected chi connectivity index (χ2v) is 7.46. The second kappa shape index (κ2) is 9.02. The Bertz CT molecular complexity index is 1270. The molecule has 0 aliphatic carbocycles. The molecule has 0 bridgehead atoms. The number of rotatable bonds is 6. The number of nitrogens with zero attached hydrogens (tertiary/aromatic N) is 2. The number of nitrogens with one attached hydrogen (secondary N) is 1. The van der Waals surface area contributed by atoms with Crippen LogP contribution in [0.1, 0.15) is 17.2 Å². The second-order valence-electron chi connectivity index (χ2n) is 7.02. The molecule has 1 heterocycles. The maximum absolute atomic E-state index is 12.9. The molecule has 0 fully saturated rings. The van der Waals surface area contributed by atoms with E-state index in [-0.39, 0.29) is 24.1 Å². The number of ether oxygens (including phenoxy) is 1. The molecule has 3 aromatic carbocycles. The largest absolute Gasteiger partial charge is 0.497 e. The summed E-state index contributed by atoms with van der Waals surface area (Å²) in [5.74, 6) is 0.421. The van der Waals surface area contributed by atoms with E-state index in [9.17, 15) is 9.59 Å². The summed E-state index contributed by atoms with van der Waals surface area (Å²) >= 11 is 6.01. The molecule has 1 amide bonds. The number of fused-ring (bicyclic) bond motifs is 1. The van der Waals surface area contributed by atoms with Gasteiger partial charge in [0.05, 0.1) is 30.4 Å². The lowest BCUT2D eigenvalue weighted by molar-refractivity contribution is -0.122. The van der Waals surface area contributed by atoms with Crippen molar-refractivity contribution in [3.63, 3.8) is 0 Å². The summed E-state index contributed by atoms with van der Waals surface area (Å²) in [6.45, 7) is -0.159. The van der Waals surface area contributed by atoms with Gasteiger partial charge < -0.3 is 10.1 Å². The zero-order valence-electron chi connectivity index (χ0n) is 16.8. The van der Waals surface area contributed by atoms with Crippen molar-refractivity contribution in [3.8, 4) is 5.75 Å². The fraction of sp³-hybridized carbons (Fsp3) is 0.125. The van der Waals surface area contributed by atoms with Crippen LogP contribution in [0.4, 0.5) is 0 Å². The molecule has 0 saturated carbocycles. The van der Waals surface area contributed by atoms with E-state index < -0.39 is 0 Å². The van der Waals surface area contributed by atoms with Gasteiger partial charge in [-0.3, -0.25) is 14.2 Å². The maximum atomic E-state index is 12.9. The number of hydrogen-bond acceptors (Lipinski definition) is 4. The van der Waals surface area contributed by atoms with Gasteiger partial charge in [0, 0.05) is 5.02 Å². The van der Waals surface area contributed by atoms with Gasteiger partial charge >= 0.3 is 0 Å². The summed E-state index contributed by atoms with van der Waals surface area (Å²) in [5.41, 5.74) is 2.04. The average Bonchev–Trinajstić information content (AvgIpc) is 2.80. The highest BCUT2D eigenvalue weighted by molar-refractivity contribution is 6.31. The van der Waals surface area contributed by atoms with Gasteiger partial charge in [-0.15, -0.1) is 0 Å². The maximum Gasteiger partial charge on any atom is 0.261 e. The molecular weight excluding hydrogens is 414 g/mol. The van der Waals surface area contributed by atoms with Crippen LogP contribution in [0.2, 0.25) is 5.02 Å². The Morgan fingerprint density at radius 1 is 1.06 bits per heavy atom. The first kappa shape index (κ1) is 20.6. The van der Waals surface area contributed by atoms with Crippen molar-refractivity contribution >= 4 is 28.4 Å². The first-order chi connectivity index (χ1) is 15.0. The van der Waals surface area contributed by atoms with Crippen LogP contribution in [0.25, 0.3) is 10.9 Å². The van der Waals surface area contributed by atoms with Crippen LogP contribution < -0.4 is 15.6 Å². The molecule has 0 unspecified atom stereocenters. The molecule has 4 rings (SSSR count). The van der Waals surface area contributed by atoms with Gasteiger partial charge in [0.25, 0.3) is 5.56 Å². The highest BCUT2D eigenvalue weighted by Gasteiger charge is 2.18. The Morgan fingerprint density at radius 3 is 2.48 bits per heavy atom. The van der Waals surface area contributed by atoms with E-state index in [1.807, 2.05) is 54.6 Å².